The second-order valence-electron chi connectivity index (χ2n) is 4.33. The molecule has 1 atom stereocenters. The molecule has 0 fully saturated rings. The second kappa shape index (κ2) is 6.94. The molecule has 20 heavy (non-hydrogen) atoms. The first-order valence-electron chi connectivity index (χ1n) is 6.00. The molecule has 0 heterocycles. The van der Waals surface area contributed by atoms with Crippen LogP contribution in [0.5, 0.6) is 0 Å². The summed E-state index contributed by atoms with van der Waals surface area (Å²) in [5.74, 6) is -0.193. The van der Waals surface area contributed by atoms with Crippen molar-refractivity contribution >= 4 is 15.8 Å². The fraction of sp³-hybridized carbons (Fsp3) is 0.462. The average molecular weight is 301 g/mol. The number of sulfonamides is 1. The Kier molecular flexibility index (Phi) is 5.82. The first-order valence-corrected chi connectivity index (χ1v) is 7.49. The largest absolute Gasteiger partial charge is 0.354 e. The highest BCUT2D eigenvalue weighted by Gasteiger charge is 2.23. The molecule has 0 saturated carbocycles. The van der Waals surface area contributed by atoms with Crippen molar-refractivity contribution in [2.45, 2.75) is 31.1 Å². The lowest BCUT2D eigenvalue weighted by Crippen LogP contribution is -2.42. The summed E-state index contributed by atoms with van der Waals surface area (Å²) < 4.78 is 36.9. The zero-order chi connectivity index (χ0) is 15.3. The molecule has 6 nitrogen and oxygen atoms in total. The Bertz CT molecular complexity index is 566. The van der Waals surface area contributed by atoms with Crippen molar-refractivity contribution in [1.82, 2.24) is 4.72 Å². The van der Waals surface area contributed by atoms with Crippen LogP contribution >= 0.6 is 0 Å². The van der Waals surface area contributed by atoms with E-state index in [1.54, 1.807) is 13.0 Å². The third-order valence-corrected chi connectivity index (χ3v) is 4.32. The van der Waals surface area contributed by atoms with Crippen molar-refractivity contribution in [2.24, 2.45) is 0 Å². The normalized spacial score (nSPS) is 13.4. The summed E-state index contributed by atoms with van der Waals surface area (Å²) in [6, 6.07) is 5.29. The first-order chi connectivity index (χ1) is 9.31. The van der Waals surface area contributed by atoms with Gasteiger partial charge < -0.3 is 9.47 Å². The van der Waals surface area contributed by atoms with Crippen molar-refractivity contribution in [2.75, 3.05) is 14.2 Å². The minimum atomic E-state index is -3.74. The van der Waals surface area contributed by atoms with Crippen LogP contribution in [-0.4, -0.2) is 40.8 Å². The number of ether oxygens (including phenoxy) is 2. The number of benzene rings is 1. The molecule has 1 unspecified atom stereocenters. The molecule has 0 aromatic heterocycles. The maximum atomic E-state index is 12.2. The van der Waals surface area contributed by atoms with Crippen molar-refractivity contribution in [1.29, 1.82) is 0 Å². The van der Waals surface area contributed by atoms with E-state index in [0.29, 0.717) is 5.56 Å². The van der Waals surface area contributed by atoms with Gasteiger partial charge in [-0.25, -0.2) is 13.1 Å². The molecule has 0 amide bonds. The number of nitrogens with one attached hydrogen (secondary N) is 1. The third kappa shape index (κ3) is 4.11. The van der Waals surface area contributed by atoms with E-state index < -0.39 is 22.4 Å². The van der Waals surface area contributed by atoms with Crippen LogP contribution in [0, 0.1) is 0 Å². The molecule has 0 aliphatic carbocycles. The first kappa shape index (κ1) is 16.8. The minimum Gasteiger partial charge on any atom is -0.354 e. The van der Waals surface area contributed by atoms with Crippen LogP contribution in [0.15, 0.2) is 29.2 Å². The number of methoxy groups -OCH3 is 2. The van der Waals surface area contributed by atoms with E-state index in [4.69, 9.17) is 9.47 Å². The van der Waals surface area contributed by atoms with Crippen LogP contribution in [0.4, 0.5) is 0 Å². The van der Waals surface area contributed by atoms with Gasteiger partial charge in [-0.3, -0.25) is 4.79 Å². The van der Waals surface area contributed by atoms with E-state index >= 15 is 0 Å². The van der Waals surface area contributed by atoms with Crippen molar-refractivity contribution in [3.8, 4) is 0 Å². The highest BCUT2D eigenvalue weighted by molar-refractivity contribution is 7.89. The minimum absolute atomic E-state index is 0.0306. The smallest absolute Gasteiger partial charge is 0.241 e. The summed E-state index contributed by atoms with van der Waals surface area (Å²) in [7, 11) is -0.891. The quantitative estimate of drug-likeness (QED) is 0.604. The lowest BCUT2D eigenvalue weighted by atomic mass is 10.2. The second-order valence-corrected chi connectivity index (χ2v) is 6.05. The molecular formula is C13H19NO5S. The summed E-state index contributed by atoms with van der Waals surface area (Å²) >= 11 is 0. The van der Waals surface area contributed by atoms with E-state index in [1.807, 2.05) is 0 Å². The average Bonchev–Trinajstić information content (AvgIpc) is 2.39. The summed E-state index contributed by atoms with van der Waals surface area (Å²) in [5.41, 5.74) is 0.343. The lowest BCUT2D eigenvalue weighted by molar-refractivity contribution is -0.115. The van der Waals surface area contributed by atoms with E-state index in [0.717, 1.165) is 0 Å². The van der Waals surface area contributed by atoms with Gasteiger partial charge in [0.15, 0.2) is 12.1 Å². The van der Waals surface area contributed by atoms with Crippen LogP contribution in [-0.2, 0) is 19.5 Å². The molecule has 1 aromatic rings. The Hall–Kier alpha value is -1.28. The SMILES string of the molecule is COC(OC)C(C)NS(=O)(=O)c1cccc(C(C)=O)c1. The summed E-state index contributed by atoms with van der Waals surface area (Å²) in [4.78, 5) is 11.3. The Labute approximate surface area is 119 Å². The number of carbonyl (C=O) groups excluding carboxylic acids is 1. The van der Waals surface area contributed by atoms with Crippen molar-refractivity contribution in [3.63, 3.8) is 0 Å². The van der Waals surface area contributed by atoms with Gasteiger partial charge in [0.1, 0.15) is 0 Å². The molecule has 1 aromatic carbocycles. The number of hydrogen-bond donors (Lipinski definition) is 1. The van der Waals surface area contributed by atoms with Crippen LogP contribution in [0.1, 0.15) is 24.2 Å². The molecule has 0 spiro atoms. The van der Waals surface area contributed by atoms with Gasteiger partial charge in [0.2, 0.25) is 10.0 Å². The number of hydrogen-bond acceptors (Lipinski definition) is 5. The van der Waals surface area contributed by atoms with Crippen LogP contribution in [0.2, 0.25) is 0 Å². The molecule has 0 aliphatic rings. The molecule has 112 valence electrons. The molecule has 7 heteroatoms. The number of ketones is 1. The van der Waals surface area contributed by atoms with E-state index in [2.05, 4.69) is 4.72 Å². The maximum Gasteiger partial charge on any atom is 0.241 e. The van der Waals surface area contributed by atoms with Gasteiger partial charge in [-0.2, -0.15) is 0 Å². The van der Waals surface area contributed by atoms with Gasteiger partial charge in [-0.15, -0.1) is 0 Å². The van der Waals surface area contributed by atoms with E-state index in [1.165, 1.54) is 39.3 Å². The highest BCUT2D eigenvalue weighted by atomic mass is 32.2. The van der Waals surface area contributed by atoms with Gasteiger partial charge in [0, 0.05) is 19.8 Å². The van der Waals surface area contributed by atoms with E-state index in [-0.39, 0.29) is 10.7 Å². The zero-order valence-corrected chi connectivity index (χ0v) is 12.7. The van der Waals surface area contributed by atoms with Crippen LogP contribution < -0.4 is 4.72 Å². The molecular weight excluding hydrogens is 282 g/mol. The number of rotatable bonds is 7. The Morgan fingerprint density at radius 1 is 1.25 bits per heavy atom. The monoisotopic (exact) mass is 301 g/mol. The van der Waals surface area contributed by atoms with Gasteiger partial charge in [0.25, 0.3) is 0 Å². The Morgan fingerprint density at radius 2 is 1.85 bits per heavy atom. The third-order valence-electron chi connectivity index (χ3n) is 2.76. The van der Waals surface area contributed by atoms with Crippen molar-refractivity contribution < 1.29 is 22.7 Å². The van der Waals surface area contributed by atoms with Gasteiger partial charge in [0.05, 0.1) is 10.9 Å². The fourth-order valence-corrected chi connectivity index (χ4v) is 3.03. The molecule has 0 aliphatic heterocycles. The van der Waals surface area contributed by atoms with E-state index in [9.17, 15) is 13.2 Å². The fourth-order valence-electron chi connectivity index (χ4n) is 1.76. The molecule has 1 rings (SSSR count). The summed E-state index contributed by atoms with van der Waals surface area (Å²) in [6.45, 7) is 3.01. The van der Waals surface area contributed by atoms with Crippen LogP contribution in [0.3, 0.4) is 0 Å². The summed E-state index contributed by atoms with van der Waals surface area (Å²) in [5, 5.41) is 0. The predicted octanol–water partition coefficient (Wildman–Crippen LogP) is 1.17. The molecule has 0 radical (unpaired) electrons. The Morgan fingerprint density at radius 3 is 2.35 bits per heavy atom. The van der Waals surface area contributed by atoms with Crippen molar-refractivity contribution in [3.05, 3.63) is 29.8 Å². The highest BCUT2D eigenvalue weighted by Crippen LogP contribution is 2.13. The molecule has 0 saturated heterocycles. The Balaban J connectivity index is 2.99. The van der Waals surface area contributed by atoms with Crippen LogP contribution in [0.25, 0.3) is 0 Å². The molecule has 0 bridgehead atoms. The van der Waals surface area contributed by atoms with Gasteiger partial charge in [-0.05, 0) is 26.0 Å². The zero-order valence-electron chi connectivity index (χ0n) is 11.9. The standard InChI is InChI=1S/C13H19NO5S/c1-9(13(18-3)19-4)14-20(16,17)12-7-5-6-11(8-12)10(2)15/h5-9,13-14H,1-4H3. The molecule has 1 N–H and O–H groups in total. The number of Topliss-reactive ketones (excluding diaryl/α,β-unsaturated/α-hetero) is 1. The summed E-state index contributed by atoms with van der Waals surface area (Å²) in [6.07, 6.45) is -0.694. The number of carbonyl (C=O) groups is 1. The lowest BCUT2D eigenvalue weighted by Gasteiger charge is -2.22. The predicted molar refractivity (Wildman–Crippen MR) is 74.0 cm³/mol. The van der Waals surface area contributed by atoms with Gasteiger partial charge in [-0.1, -0.05) is 12.1 Å². The van der Waals surface area contributed by atoms with Gasteiger partial charge >= 0.3 is 0 Å². The topological polar surface area (TPSA) is 81.7 Å². The maximum absolute atomic E-state index is 12.2.